The summed E-state index contributed by atoms with van der Waals surface area (Å²) < 4.78 is 9.32. The summed E-state index contributed by atoms with van der Waals surface area (Å²) in [6.07, 6.45) is 47.9. The molecule has 4 heterocycles. The molecule has 0 saturated heterocycles. The van der Waals surface area contributed by atoms with E-state index >= 15 is 0 Å². The fourth-order valence-electron chi connectivity index (χ4n) is 7.98. The second kappa shape index (κ2) is 20.0. The largest absolute Gasteiger partial charge is 0.204 e. The molecule has 4 aromatic heterocycles. The summed E-state index contributed by atoms with van der Waals surface area (Å²) in [5.74, 6) is 11.3. The molecule has 0 fully saturated rings. The molecule has 0 saturated carbocycles. The first-order chi connectivity index (χ1) is 27.9. The number of benzene rings is 1. The normalized spacial score (nSPS) is 10.8. The van der Waals surface area contributed by atoms with E-state index in [9.17, 15) is 0 Å². The monoisotopic (exact) mass is 766 g/mol. The van der Waals surface area contributed by atoms with Gasteiger partial charge in [-0.05, 0) is 112 Å². The second-order valence-electron chi connectivity index (χ2n) is 16.0. The van der Waals surface area contributed by atoms with Crippen molar-refractivity contribution in [1.29, 1.82) is 0 Å². The van der Waals surface area contributed by atoms with E-state index in [-0.39, 0.29) is 0 Å². The molecule has 0 N–H and O–H groups in total. The molecule has 0 unspecified atom stereocenters. The van der Waals surface area contributed by atoms with E-state index in [1.54, 1.807) is 0 Å². The molecule has 0 atom stereocenters. The highest BCUT2D eigenvalue weighted by molar-refractivity contribution is 5.96. The molecule has 4 heteroatoms. The van der Waals surface area contributed by atoms with E-state index in [0.29, 0.717) is 0 Å². The highest BCUT2D eigenvalue weighted by atomic mass is 14.9. The predicted octanol–water partition coefficient (Wildman–Crippen LogP) is 9.63. The van der Waals surface area contributed by atoms with Gasteiger partial charge in [-0.1, -0.05) is 0 Å². The van der Waals surface area contributed by atoms with Gasteiger partial charge >= 0.3 is 0 Å². The lowest BCUT2D eigenvalue weighted by atomic mass is 9.82. The van der Waals surface area contributed by atoms with Gasteiger partial charge < -0.3 is 0 Å². The fourth-order valence-corrected chi connectivity index (χ4v) is 7.98. The highest BCUT2D eigenvalue weighted by Crippen LogP contribution is 2.45. The molecule has 0 spiro atoms. The third-order valence-electron chi connectivity index (χ3n) is 11.9. The van der Waals surface area contributed by atoms with Crippen molar-refractivity contribution >= 4 is 0 Å². The number of terminal acetylenes is 4. The minimum absolute atomic E-state index is 0.744. The van der Waals surface area contributed by atoms with Crippen molar-refractivity contribution in [3.8, 4) is 93.9 Å². The molecule has 4 nitrogen and oxygen atoms in total. The van der Waals surface area contributed by atoms with Crippen LogP contribution in [0.25, 0.3) is 44.5 Å². The molecule has 5 aromatic rings. The fraction of sp³-hybridized carbons (Fsp3) is 0.370. The Balaban J connectivity index is 1.96. The van der Waals surface area contributed by atoms with Crippen LogP contribution in [0.5, 0.6) is 0 Å². The van der Waals surface area contributed by atoms with Gasteiger partial charge in [-0.15, -0.1) is 49.4 Å². The highest BCUT2D eigenvalue weighted by Gasteiger charge is 2.27. The number of aryl methyl sites for hydroxylation is 8. The Morgan fingerprint density at radius 2 is 0.534 bits per heavy atom. The van der Waals surface area contributed by atoms with Crippen molar-refractivity contribution in [3.05, 3.63) is 106 Å². The molecule has 0 aliphatic carbocycles. The van der Waals surface area contributed by atoms with Crippen LogP contribution in [0.2, 0.25) is 0 Å². The van der Waals surface area contributed by atoms with Crippen LogP contribution in [-0.4, -0.2) is 0 Å². The molecular formula is C54H62N4+4. The SMILES string of the molecule is C#CCCC[n+]1cc(C)c(C)c(-c2cc(-c3c[n+](CCCC#C)cc(C)c3C)c(-c3c[n+](CCCC#C)cc(C)c3C)cc2-c2c[n+](CCCC#C)cc(C)c2C)c1. The molecule has 0 bridgehead atoms. The summed E-state index contributed by atoms with van der Waals surface area (Å²) in [7, 11) is 0. The second-order valence-corrected chi connectivity index (χ2v) is 16.0. The van der Waals surface area contributed by atoms with E-state index in [2.05, 4.69) is 159 Å². The van der Waals surface area contributed by atoms with E-state index < -0.39 is 0 Å². The number of hydrogen-bond acceptors (Lipinski definition) is 0. The van der Waals surface area contributed by atoms with Crippen LogP contribution in [0.3, 0.4) is 0 Å². The quantitative estimate of drug-likeness (QED) is 0.0541. The third kappa shape index (κ3) is 9.95. The maximum Gasteiger partial charge on any atom is 0.176 e. The van der Waals surface area contributed by atoms with Gasteiger partial charge in [0, 0.05) is 95.9 Å². The topological polar surface area (TPSA) is 15.5 Å². The molecule has 0 aliphatic rings. The van der Waals surface area contributed by atoms with Crippen LogP contribution in [0.15, 0.2) is 61.7 Å². The van der Waals surface area contributed by atoms with Gasteiger partial charge in [-0.3, -0.25) is 0 Å². The first-order valence-electron chi connectivity index (χ1n) is 20.9. The Kier molecular flexibility index (Phi) is 14.9. The van der Waals surface area contributed by atoms with Crippen molar-refractivity contribution < 1.29 is 18.3 Å². The lowest BCUT2D eigenvalue weighted by Crippen LogP contribution is -2.35. The summed E-state index contributed by atoms with van der Waals surface area (Å²) in [6.45, 7) is 21.4. The zero-order valence-electron chi connectivity index (χ0n) is 36.4. The van der Waals surface area contributed by atoms with E-state index in [1.807, 2.05) is 0 Å². The van der Waals surface area contributed by atoms with Crippen LogP contribution in [0.4, 0.5) is 0 Å². The van der Waals surface area contributed by atoms with Gasteiger partial charge in [-0.25, -0.2) is 18.3 Å². The van der Waals surface area contributed by atoms with Crippen molar-refractivity contribution in [1.82, 2.24) is 0 Å². The summed E-state index contributed by atoms with van der Waals surface area (Å²) in [4.78, 5) is 0. The minimum atomic E-state index is 0.744. The van der Waals surface area contributed by atoms with Crippen molar-refractivity contribution in [2.24, 2.45) is 0 Å². The predicted molar refractivity (Wildman–Crippen MR) is 239 cm³/mol. The van der Waals surface area contributed by atoms with Crippen LogP contribution in [0.1, 0.15) is 95.9 Å². The average molecular weight is 767 g/mol. The number of pyridine rings is 4. The molecule has 1 aromatic carbocycles. The lowest BCUT2D eigenvalue weighted by Gasteiger charge is -2.21. The number of aromatic nitrogens is 4. The number of hydrogen-bond donors (Lipinski definition) is 0. The summed E-state index contributed by atoms with van der Waals surface area (Å²) in [5, 5.41) is 0. The summed E-state index contributed by atoms with van der Waals surface area (Å²) >= 11 is 0. The van der Waals surface area contributed by atoms with Crippen LogP contribution < -0.4 is 18.3 Å². The maximum absolute atomic E-state index is 5.70. The molecule has 0 aliphatic heterocycles. The van der Waals surface area contributed by atoms with Gasteiger partial charge in [0.2, 0.25) is 0 Å². The van der Waals surface area contributed by atoms with Crippen LogP contribution in [-0.2, 0) is 26.2 Å². The van der Waals surface area contributed by atoms with Crippen molar-refractivity contribution in [3.63, 3.8) is 0 Å². The Bertz CT molecular complexity index is 2140. The standard InChI is InChI=1S/C54H62N4/c1-13-17-21-25-55-31-39(5)43(9)51(35-55)47-29-49(53-37-57(27-23-19-15-3)33-41(7)45(53)11)50(54-38-58(28-24-20-16-4)34-42(8)46(54)12)30-48(47)52-36-56(26-22-18-14-2)32-40(6)44(52)10/h1-4,29-38H,17-28H2,5-12H3/q+4. The molecule has 5 rings (SSSR count). The van der Waals surface area contributed by atoms with Gasteiger partial charge in [0.25, 0.3) is 0 Å². The molecular weight excluding hydrogens is 705 g/mol. The van der Waals surface area contributed by atoms with Crippen LogP contribution in [0, 0.1) is 105 Å². The number of rotatable bonds is 16. The van der Waals surface area contributed by atoms with Crippen LogP contribution >= 0.6 is 0 Å². The third-order valence-corrected chi connectivity index (χ3v) is 11.9. The van der Waals surface area contributed by atoms with Gasteiger partial charge in [-0.2, -0.15) is 0 Å². The molecule has 0 amide bonds. The Morgan fingerprint density at radius 3 is 0.724 bits per heavy atom. The Hall–Kier alpha value is -5.94. The molecule has 58 heavy (non-hydrogen) atoms. The number of nitrogens with zero attached hydrogens (tertiary/aromatic N) is 4. The Morgan fingerprint density at radius 1 is 0.328 bits per heavy atom. The van der Waals surface area contributed by atoms with Gasteiger partial charge in [0.1, 0.15) is 26.2 Å². The van der Waals surface area contributed by atoms with E-state index in [1.165, 1.54) is 89.0 Å². The first-order valence-corrected chi connectivity index (χ1v) is 20.9. The summed E-state index contributed by atoms with van der Waals surface area (Å²) in [5.41, 5.74) is 19.8. The average Bonchev–Trinajstić information content (AvgIpc) is 3.20. The minimum Gasteiger partial charge on any atom is -0.204 e. The zero-order chi connectivity index (χ0) is 41.9. The first kappa shape index (κ1) is 43.2. The zero-order valence-corrected chi connectivity index (χ0v) is 36.4. The van der Waals surface area contributed by atoms with Gasteiger partial charge in [0.15, 0.2) is 49.6 Å². The van der Waals surface area contributed by atoms with Crippen molar-refractivity contribution in [2.75, 3.05) is 0 Å². The lowest BCUT2D eigenvalue weighted by molar-refractivity contribution is -0.697. The van der Waals surface area contributed by atoms with Crippen molar-refractivity contribution in [2.45, 2.75) is 133 Å². The molecule has 0 radical (unpaired) electrons. The summed E-state index contributed by atoms with van der Waals surface area (Å²) in [6, 6.07) is 4.97. The van der Waals surface area contributed by atoms with Gasteiger partial charge in [0.05, 0.1) is 0 Å². The molecule has 294 valence electrons. The number of unbranched alkanes of at least 4 members (excludes halogenated alkanes) is 4. The maximum atomic E-state index is 5.70. The Labute approximate surface area is 350 Å². The van der Waals surface area contributed by atoms with E-state index in [4.69, 9.17) is 25.7 Å². The van der Waals surface area contributed by atoms with E-state index in [0.717, 1.165) is 77.5 Å². The smallest absolute Gasteiger partial charge is 0.176 e.